The van der Waals surface area contributed by atoms with Crippen LogP contribution in [-0.4, -0.2) is 42.2 Å². The van der Waals surface area contributed by atoms with Crippen molar-refractivity contribution in [2.24, 2.45) is 0 Å². The lowest BCUT2D eigenvalue weighted by atomic mass is 10.1. The molecule has 0 unspecified atom stereocenters. The number of nitrogens with zero attached hydrogens (tertiary/aromatic N) is 1. The molecule has 1 aromatic carbocycles. The van der Waals surface area contributed by atoms with E-state index in [9.17, 15) is 9.59 Å². The number of carbonyl (C=O) groups excluding carboxylic acids is 2. The average molecular weight is 309 g/mol. The van der Waals surface area contributed by atoms with Gasteiger partial charge in [-0.1, -0.05) is 6.07 Å². The summed E-state index contributed by atoms with van der Waals surface area (Å²) < 4.78 is 0. The number of likely N-dealkylation sites (N-methyl/N-ethyl adjacent to an activating group) is 1. The minimum absolute atomic E-state index is 0.0192. The van der Waals surface area contributed by atoms with Crippen LogP contribution < -0.4 is 10.6 Å². The Hall–Kier alpha value is -1.69. The number of rotatable bonds is 4. The van der Waals surface area contributed by atoms with Crippen LogP contribution in [0.25, 0.3) is 0 Å². The first-order valence-corrected chi connectivity index (χ1v) is 7.91. The fraction of sp³-hybridized carbons (Fsp3) is 0.467. The molecule has 3 amide bonds. The summed E-state index contributed by atoms with van der Waals surface area (Å²) in [4.78, 5) is 26.3. The minimum atomic E-state index is -0.308. The number of hydrogen-bond donors (Lipinski definition) is 2. The molecule has 0 spiro atoms. The van der Waals surface area contributed by atoms with Gasteiger partial charge >= 0.3 is 6.03 Å². The van der Waals surface area contributed by atoms with E-state index < -0.39 is 0 Å². The largest absolute Gasteiger partial charge is 0.350 e. The van der Waals surface area contributed by atoms with Crippen LogP contribution in [0.15, 0.2) is 29.2 Å². The zero-order chi connectivity index (χ0) is 16.0. The highest BCUT2D eigenvalue weighted by Gasteiger charge is 2.17. The number of amides is 3. The highest BCUT2D eigenvalue weighted by Crippen LogP contribution is 2.19. The predicted octanol–water partition coefficient (Wildman–Crippen LogP) is 2.79. The molecule has 0 aromatic heterocycles. The number of thioether (sulfide) groups is 1. The van der Waals surface area contributed by atoms with Crippen LogP contribution in [0.1, 0.15) is 20.8 Å². The molecule has 0 saturated heterocycles. The molecule has 0 saturated carbocycles. The van der Waals surface area contributed by atoms with Crippen LogP contribution in [0.5, 0.6) is 0 Å². The van der Waals surface area contributed by atoms with Gasteiger partial charge in [-0.25, -0.2) is 4.79 Å². The lowest BCUT2D eigenvalue weighted by Gasteiger charge is -2.23. The van der Waals surface area contributed by atoms with Crippen LogP contribution in [0.3, 0.4) is 0 Å². The molecule has 0 atom stereocenters. The molecule has 0 radical (unpaired) electrons. The average Bonchev–Trinajstić information content (AvgIpc) is 2.36. The van der Waals surface area contributed by atoms with Crippen LogP contribution >= 0.6 is 11.8 Å². The van der Waals surface area contributed by atoms with Crippen molar-refractivity contribution in [3.63, 3.8) is 0 Å². The summed E-state index contributed by atoms with van der Waals surface area (Å²) in [6, 6.07) is 7.26. The molecule has 6 heteroatoms. The first-order valence-electron chi connectivity index (χ1n) is 6.68. The standard InChI is InChI=1S/C15H23N3O2S/c1-15(2,3)17-13(19)10-18(4)14(20)16-11-7-6-8-12(9-11)21-5/h6-9H,10H2,1-5H3,(H,16,20)(H,17,19). The molecule has 2 N–H and O–H groups in total. The highest BCUT2D eigenvalue weighted by atomic mass is 32.2. The molecule has 1 aromatic rings. The first-order chi connectivity index (χ1) is 9.71. The molecule has 116 valence electrons. The van der Waals surface area contributed by atoms with Crippen molar-refractivity contribution in [2.75, 3.05) is 25.2 Å². The summed E-state index contributed by atoms with van der Waals surface area (Å²) in [5.74, 6) is -0.182. The van der Waals surface area contributed by atoms with E-state index in [2.05, 4.69) is 10.6 Å². The van der Waals surface area contributed by atoms with E-state index in [1.807, 2.05) is 51.3 Å². The molecule has 0 bridgehead atoms. The van der Waals surface area contributed by atoms with Crippen molar-refractivity contribution >= 4 is 29.4 Å². The molecule has 0 fully saturated rings. The van der Waals surface area contributed by atoms with E-state index in [4.69, 9.17) is 0 Å². The second kappa shape index (κ2) is 7.36. The van der Waals surface area contributed by atoms with Crippen LogP contribution in [0.2, 0.25) is 0 Å². The Bertz CT molecular complexity index is 512. The third kappa shape index (κ3) is 6.53. The summed E-state index contributed by atoms with van der Waals surface area (Å²) >= 11 is 1.61. The van der Waals surface area contributed by atoms with E-state index in [-0.39, 0.29) is 24.0 Å². The number of nitrogens with one attached hydrogen (secondary N) is 2. The fourth-order valence-corrected chi connectivity index (χ4v) is 2.12. The van der Waals surface area contributed by atoms with Gasteiger partial charge in [-0.15, -0.1) is 11.8 Å². The topological polar surface area (TPSA) is 61.4 Å². The lowest BCUT2D eigenvalue weighted by molar-refractivity contribution is -0.122. The van der Waals surface area contributed by atoms with E-state index >= 15 is 0 Å². The van der Waals surface area contributed by atoms with Crippen molar-refractivity contribution in [1.29, 1.82) is 0 Å². The summed E-state index contributed by atoms with van der Waals surface area (Å²) in [5.41, 5.74) is 0.413. The van der Waals surface area contributed by atoms with E-state index in [1.165, 1.54) is 4.90 Å². The molecule has 21 heavy (non-hydrogen) atoms. The van der Waals surface area contributed by atoms with Gasteiger partial charge in [-0.3, -0.25) is 4.79 Å². The number of benzene rings is 1. The Balaban J connectivity index is 2.56. The maximum absolute atomic E-state index is 12.0. The zero-order valence-electron chi connectivity index (χ0n) is 13.2. The Morgan fingerprint density at radius 3 is 2.52 bits per heavy atom. The molecule has 0 aliphatic carbocycles. The predicted molar refractivity (Wildman–Crippen MR) is 87.8 cm³/mol. The van der Waals surface area contributed by atoms with Crippen molar-refractivity contribution in [2.45, 2.75) is 31.2 Å². The number of hydrogen-bond acceptors (Lipinski definition) is 3. The van der Waals surface area contributed by atoms with Gasteiger partial charge in [0.1, 0.15) is 6.54 Å². The maximum Gasteiger partial charge on any atom is 0.322 e. The maximum atomic E-state index is 12.0. The zero-order valence-corrected chi connectivity index (χ0v) is 14.0. The molecule has 0 aliphatic rings. The van der Waals surface area contributed by atoms with E-state index in [0.717, 1.165) is 10.6 Å². The Morgan fingerprint density at radius 1 is 1.29 bits per heavy atom. The molecular formula is C15H23N3O2S. The summed E-state index contributed by atoms with van der Waals surface area (Å²) in [6.45, 7) is 5.72. The van der Waals surface area contributed by atoms with Gasteiger partial charge in [0.2, 0.25) is 5.91 Å². The fourth-order valence-electron chi connectivity index (χ4n) is 1.66. The van der Waals surface area contributed by atoms with E-state index in [1.54, 1.807) is 18.8 Å². The minimum Gasteiger partial charge on any atom is -0.350 e. The van der Waals surface area contributed by atoms with Crippen molar-refractivity contribution < 1.29 is 9.59 Å². The second-order valence-corrected chi connectivity index (χ2v) is 6.70. The van der Waals surface area contributed by atoms with Crippen LogP contribution in [-0.2, 0) is 4.79 Å². The third-order valence-corrected chi connectivity index (χ3v) is 3.29. The smallest absolute Gasteiger partial charge is 0.322 e. The van der Waals surface area contributed by atoms with Crippen LogP contribution in [0.4, 0.5) is 10.5 Å². The monoisotopic (exact) mass is 309 g/mol. The van der Waals surface area contributed by atoms with Gasteiger partial charge in [0, 0.05) is 23.2 Å². The van der Waals surface area contributed by atoms with Crippen molar-refractivity contribution in [3.8, 4) is 0 Å². The van der Waals surface area contributed by atoms with Gasteiger partial charge in [-0.05, 0) is 45.2 Å². The molecular weight excluding hydrogens is 286 g/mol. The van der Waals surface area contributed by atoms with Crippen LogP contribution in [0, 0.1) is 0 Å². The number of carbonyl (C=O) groups is 2. The second-order valence-electron chi connectivity index (χ2n) is 5.82. The normalized spacial score (nSPS) is 10.9. The summed E-state index contributed by atoms with van der Waals surface area (Å²) in [6.07, 6.45) is 1.98. The molecule has 0 aliphatic heterocycles. The first kappa shape index (κ1) is 17.4. The SMILES string of the molecule is CSc1cccc(NC(=O)N(C)CC(=O)NC(C)(C)C)c1. The highest BCUT2D eigenvalue weighted by molar-refractivity contribution is 7.98. The van der Waals surface area contributed by atoms with E-state index in [0.29, 0.717) is 0 Å². The number of anilines is 1. The van der Waals surface area contributed by atoms with Gasteiger partial charge in [-0.2, -0.15) is 0 Å². The summed E-state index contributed by atoms with van der Waals surface area (Å²) in [7, 11) is 1.59. The van der Waals surface area contributed by atoms with Crippen molar-refractivity contribution in [3.05, 3.63) is 24.3 Å². The van der Waals surface area contributed by atoms with Gasteiger partial charge in [0.25, 0.3) is 0 Å². The van der Waals surface area contributed by atoms with Gasteiger partial charge < -0.3 is 15.5 Å². The van der Waals surface area contributed by atoms with Gasteiger partial charge in [0.05, 0.1) is 0 Å². The Kier molecular flexibility index (Phi) is 6.08. The Morgan fingerprint density at radius 2 is 1.95 bits per heavy atom. The molecule has 5 nitrogen and oxygen atoms in total. The third-order valence-electron chi connectivity index (χ3n) is 2.56. The van der Waals surface area contributed by atoms with Gasteiger partial charge in [0.15, 0.2) is 0 Å². The molecule has 0 heterocycles. The lowest BCUT2D eigenvalue weighted by Crippen LogP contribution is -2.47. The van der Waals surface area contributed by atoms with Crippen molar-refractivity contribution in [1.82, 2.24) is 10.2 Å². The quantitative estimate of drug-likeness (QED) is 0.841. The molecule has 1 rings (SSSR count). The number of urea groups is 1. The Labute approximate surface area is 130 Å². The summed E-state index contributed by atoms with van der Waals surface area (Å²) in [5, 5.41) is 5.60.